The number of nitrogens with one attached hydrogen (secondary N) is 3. The number of aromatic nitrogens is 4. The van der Waals surface area contributed by atoms with E-state index in [1.807, 2.05) is 0 Å². The molecule has 4 aromatic rings. The highest BCUT2D eigenvalue weighted by atomic mass is 35.5. The second-order valence-electron chi connectivity index (χ2n) is 7.40. The number of anilines is 3. The van der Waals surface area contributed by atoms with E-state index in [0.29, 0.717) is 26.8 Å². The van der Waals surface area contributed by atoms with Crippen molar-refractivity contribution in [2.75, 3.05) is 10.6 Å². The van der Waals surface area contributed by atoms with Crippen molar-refractivity contribution in [1.82, 2.24) is 25.3 Å². The monoisotopic (exact) mass is 545 g/mol. The van der Waals surface area contributed by atoms with E-state index in [2.05, 4.69) is 35.9 Å². The molecule has 0 spiro atoms. The van der Waals surface area contributed by atoms with Crippen LogP contribution >= 0.6 is 34.5 Å². The Morgan fingerprint density at radius 2 is 1.83 bits per heavy atom. The van der Waals surface area contributed by atoms with Gasteiger partial charge in [0.2, 0.25) is 0 Å². The number of thiazole rings is 1. The fourth-order valence-electron chi connectivity index (χ4n) is 3.03. The number of benzene rings is 1. The summed E-state index contributed by atoms with van der Waals surface area (Å²) >= 11 is 13.5. The summed E-state index contributed by atoms with van der Waals surface area (Å²) in [6.45, 7) is 1.02. The van der Waals surface area contributed by atoms with Crippen molar-refractivity contribution < 1.29 is 14.0 Å². The van der Waals surface area contributed by atoms with Crippen LogP contribution in [0.25, 0.3) is 0 Å². The molecule has 3 heterocycles. The summed E-state index contributed by atoms with van der Waals surface area (Å²) in [5.41, 5.74) is 1.44. The number of rotatable bonds is 8. The van der Waals surface area contributed by atoms with E-state index in [4.69, 9.17) is 23.2 Å². The van der Waals surface area contributed by atoms with Crippen LogP contribution < -0.4 is 16.0 Å². The Balaban J connectivity index is 1.42. The topological polar surface area (TPSA) is 122 Å². The van der Waals surface area contributed by atoms with Crippen molar-refractivity contribution >= 4 is 63.5 Å². The van der Waals surface area contributed by atoms with Gasteiger partial charge in [0.25, 0.3) is 11.8 Å². The van der Waals surface area contributed by atoms with Crippen LogP contribution in [0.1, 0.15) is 43.7 Å². The number of carbonyl (C=O) groups is 2. The normalized spacial score (nSPS) is 11.6. The number of hydrogen-bond donors (Lipinski definition) is 3. The van der Waals surface area contributed by atoms with Gasteiger partial charge in [0, 0.05) is 34.4 Å². The third kappa shape index (κ3) is 5.93. The van der Waals surface area contributed by atoms with Gasteiger partial charge in [-0.3, -0.25) is 14.6 Å². The minimum absolute atomic E-state index is 0.0156. The van der Waals surface area contributed by atoms with Gasteiger partial charge in [-0.25, -0.2) is 19.3 Å². The van der Waals surface area contributed by atoms with Crippen LogP contribution in [0, 0.1) is 0 Å². The molecular formula is C23H18Cl2FN7O2S. The molecule has 36 heavy (non-hydrogen) atoms. The molecule has 1 aromatic carbocycles. The summed E-state index contributed by atoms with van der Waals surface area (Å²) in [5, 5.41) is 9.26. The van der Waals surface area contributed by atoms with Crippen molar-refractivity contribution in [2.45, 2.75) is 19.6 Å². The summed E-state index contributed by atoms with van der Waals surface area (Å²) in [6, 6.07) is 7.46. The highest BCUT2D eigenvalue weighted by Crippen LogP contribution is 2.27. The maximum absolute atomic E-state index is 12.9. The molecule has 0 radical (unpaired) electrons. The Labute approximate surface area is 219 Å². The van der Waals surface area contributed by atoms with E-state index in [1.165, 1.54) is 24.7 Å². The van der Waals surface area contributed by atoms with Gasteiger partial charge in [0.05, 0.1) is 12.2 Å². The number of hydrogen-bond acceptors (Lipinski definition) is 8. The van der Waals surface area contributed by atoms with E-state index >= 15 is 0 Å². The molecule has 13 heteroatoms. The van der Waals surface area contributed by atoms with Gasteiger partial charge in [0.1, 0.15) is 27.9 Å². The molecule has 0 aliphatic heterocycles. The second-order valence-corrected chi connectivity index (χ2v) is 9.24. The first kappa shape index (κ1) is 25.4. The van der Waals surface area contributed by atoms with Gasteiger partial charge < -0.3 is 16.0 Å². The molecule has 0 saturated heterocycles. The molecule has 2 amide bonds. The second kappa shape index (κ2) is 11.4. The molecule has 9 nitrogen and oxygen atoms in total. The third-order valence-corrected chi connectivity index (χ3v) is 6.76. The maximum atomic E-state index is 12.9. The summed E-state index contributed by atoms with van der Waals surface area (Å²) in [4.78, 5) is 42.1. The third-order valence-electron chi connectivity index (χ3n) is 4.87. The molecular weight excluding hydrogens is 528 g/mol. The van der Waals surface area contributed by atoms with Crippen LogP contribution in [0.5, 0.6) is 0 Å². The standard InChI is InChI=1S/C23H18Cl2FN7O2S/c1-12(23-28-10-17(36-23)21(34)33-15-3-2-13(9-26)16(24)8-15)31-22(35)19-18(25)20(30-11-29-19)32-14-4-6-27-7-5-14/h2-8,10-12H,9H2,1H3,(H,31,35)(H,33,34)(H,27,29,30,32). The number of pyridine rings is 1. The Hall–Kier alpha value is -3.67. The predicted molar refractivity (Wildman–Crippen MR) is 137 cm³/mol. The van der Waals surface area contributed by atoms with Crippen LogP contribution in [-0.2, 0) is 6.67 Å². The zero-order chi connectivity index (χ0) is 25.7. The SMILES string of the molecule is CC(NC(=O)c1ncnc(Nc2ccncc2)c1Cl)c1ncc(C(=O)Nc2ccc(CF)c(Cl)c2)s1. The summed E-state index contributed by atoms with van der Waals surface area (Å²) in [7, 11) is 0. The van der Waals surface area contributed by atoms with Crippen molar-refractivity contribution in [2.24, 2.45) is 0 Å². The summed E-state index contributed by atoms with van der Waals surface area (Å²) in [5.74, 6) is -0.674. The minimum atomic E-state index is -0.697. The minimum Gasteiger partial charge on any atom is -0.342 e. The summed E-state index contributed by atoms with van der Waals surface area (Å²) < 4.78 is 12.8. The van der Waals surface area contributed by atoms with E-state index in [9.17, 15) is 14.0 Å². The number of amides is 2. The molecule has 4 rings (SSSR count). The smallest absolute Gasteiger partial charge is 0.272 e. The molecule has 184 valence electrons. The highest BCUT2D eigenvalue weighted by molar-refractivity contribution is 7.13. The molecule has 3 aromatic heterocycles. The van der Waals surface area contributed by atoms with E-state index in [1.54, 1.807) is 37.5 Å². The molecule has 0 bridgehead atoms. The van der Waals surface area contributed by atoms with Gasteiger partial charge in [-0.05, 0) is 31.2 Å². The van der Waals surface area contributed by atoms with Crippen LogP contribution in [0.3, 0.4) is 0 Å². The first-order valence-corrected chi connectivity index (χ1v) is 12.0. The Morgan fingerprint density at radius 1 is 1.06 bits per heavy atom. The highest BCUT2D eigenvalue weighted by Gasteiger charge is 2.21. The van der Waals surface area contributed by atoms with Gasteiger partial charge in [0.15, 0.2) is 11.5 Å². The van der Waals surface area contributed by atoms with Crippen LogP contribution in [0.4, 0.5) is 21.6 Å². The van der Waals surface area contributed by atoms with Crippen molar-refractivity contribution in [1.29, 1.82) is 0 Å². The number of alkyl halides is 1. The number of halogens is 3. The lowest BCUT2D eigenvalue weighted by Gasteiger charge is -2.13. The van der Waals surface area contributed by atoms with Crippen molar-refractivity contribution in [3.8, 4) is 0 Å². The quantitative estimate of drug-likeness (QED) is 0.263. The maximum Gasteiger partial charge on any atom is 0.272 e. The summed E-state index contributed by atoms with van der Waals surface area (Å²) in [6.07, 6.45) is 5.84. The van der Waals surface area contributed by atoms with E-state index in [-0.39, 0.29) is 21.6 Å². The average molecular weight is 546 g/mol. The first-order valence-electron chi connectivity index (χ1n) is 10.5. The lowest BCUT2D eigenvalue weighted by Crippen LogP contribution is -2.28. The Kier molecular flexibility index (Phi) is 8.04. The molecule has 3 N–H and O–H groups in total. The zero-order valence-electron chi connectivity index (χ0n) is 18.6. The molecule has 0 aliphatic carbocycles. The van der Waals surface area contributed by atoms with Crippen LogP contribution in [-0.4, -0.2) is 31.8 Å². The van der Waals surface area contributed by atoms with Gasteiger partial charge in [-0.2, -0.15) is 0 Å². The fraction of sp³-hybridized carbons (Fsp3) is 0.130. The fourth-order valence-corrected chi connectivity index (χ4v) is 4.31. The van der Waals surface area contributed by atoms with Gasteiger partial charge >= 0.3 is 0 Å². The number of carbonyl (C=O) groups excluding carboxylic acids is 2. The molecule has 0 aliphatic rings. The molecule has 1 unspecified atom stereocenters. The lowest BCUT2D eigenvalue weighted by molar-refractivity contribution is 0.0934. The lowest BCUT2D eigenvalue weighted by atomic mass is 10.2. The Bertz CT molecular complexity index is 1400. The van der Waals surface area contributed by atoms with Crippen LogP contribution in [0.2, 0.25) is 10.0 Å². The van der Waals surface area contributed by atoms with Crippen molar-refractivity contribution in [3.63, 3.8) is 0 Å². The van der Waals surface area contributed by atoms with Crippen molar-refractivity contribution in [3.05, 3.63) is 86.4 Å². The average Bonchev–Trinajstić information content (AvgIpc) is 3.37. The van der Waals surface area contributed by atoms with E-state index < -0.39 is 24.5 Å². The van der Waals surface area contributed by atoms with Gasteiger partial charge in [-0.15, -0.1) is 11.3 Å². The molecule has 0 saturated carbocycles. The Morgan fingerprint density at radius 3 is 2.56 bits per heavy atom. The first-order chi connectivity index (χ1) is 17.4. The van der Waals surface area contributed by atoms with E-state index in [0.717, 1.165) is 11.3 Å². The predicted octanol–water partition coefficient (Wildman–Crippen LogP) is 5.59. The zero-order valence-corrected chi connectivity index (χ0v) is 21.0. The van der Waals surface area contributed by atoms with Crippen LogP contribution in [0.15, 0.2) is 55.2 Å². The molecule has 0 fully saturated rings. The number of nitrogens with zero attached hydrogens (tertiary/aromatic N) is 4. The largest absolute Gasteiger partial charge is 0.342 e. The molecule has 1 atom stereocenters. The van der Waals surface area contributed by atoms with Gasteiger partial charge in [-0.1, -0.05) is 29.3 Å².